The van der Waals surface area contributed by atoms with Gasteiger partial charge in [0, 0.05) is 32.3 Å². The first-order chi connectivity index (χ1) is 34.0. The van der Waals surface area contributed by atoms with E-state index in [2.05, 4.69) is 21.3 Å². The smallest absolute Gasteiger partial charge is 0.205 e. The van der Waals surface area contributed by atoms with Gasteiger partial charge in [-0.2, -0.15) is 0 Å². The van der Waals surface area contributed by atoms with Crippen molar-refractivity contribution in [1.82, 2.24) is 0 Å². The maximum atomic E-state index is 12.7. The molecule has 0 aliphatic heterocycles. The first kappa shape index (κ1) is 47.7. The van der Waals surface area contributed by atoms with Crippen LogP contribution in [0, 0.1) is 0 Å². The fraction of sp³-hybridized carbons (Fsp3) is 0.231. The van der Waals surface area contributed by atoms with Crippen molar-refractivity contribution in [2.24, 2.45) is 0 Å². The van der Waals surface area contributed by atoms with Crippen molar-refractivity contribution in [2.75, 3.05) is 107 Å². The molecule has 0 fully saturated rings. The van der Waals surface area contributed by atoms with Crippen molar-refractivity contribution in [3.8, 4) is 80.5 Å². The van der Waals surface area contributed by atoms with E-state index >= 15 is 0 Å². The molecular weight excluding hydrogens is 905 g/mol. The third kappa shape index (κ3) is 7.72. The Balaban J connectivity index is 1.51. The van der Waals surface area contributed by atoms with Crippen molar-refractivity contribution in [2.45, 2.75) is 0 Å². The van der Waals surface area contributed by atoms with Crippen molar-refractivity contribution in [3.05, 3.63) is 72.8 Å². The zero-order valence-corrected chi connectivity index (χ0v) is 40.7. The number of hydrogen-bond acceptors (Lipinski definition) is 18. The maximum absolute atomic E-state index is 12.7. The van der Waals surface area contributed by atoms with Gasteiger partial charge >= 0.3 is 0 Å². The van der Waals surface area contributed by atoms with Crippen LogP contribution in [0.5, 0.6) is 80.5 Å². The van der Waals surface area contributed by atoms with E-state index in [1.54, 1.807) is 48.5 Å². The van der Waals surface area contributed by atoms with Crippen LogP contribution in [-0.2, 0) is 0 Å². The summed E-state index contributed by atoms with van der Waals surface area (Å²) in [7, 11) is 18.2. The zero-order valence-electron chi connectivity index (χ0n) is 40.7. The molecule has 8 aromatic rings. The lowest BCUT2D eigenvalue weighted by atomic mass is 9.89. The average Bonchev–Trinajstić information content (AvgIpc) is 3.39. The van der Waals surface area contributed by atoms with Gasteiger partial charge in [-0.1, -0.05) is 24.3 Å². The van der Waals surface area contributed by atoms with Crippen molar-refractivity contribution in [1.29, 1.82) is 0 Å². The summed E-state index contributed by atoms with van der Waals surface area (Å²) in [6, 6.07) is 21.4. The molecule has 0 aliphatic rings. The van der Waals surface area contributed by atoms with Crippen LogP contribution in [-0.4, -0.2) is 95.5 Å². The average molecular weight is 959 g/mol. The van der Waals surface area contributed by atoms with Crippen LogP contribution >= 0.6 is 0 Å². The van der Waals surface area contributed by atoms with Gasteiger partial charge in [0.15, 0.2) is 57.5 Å². The molecule has 0 heterocycles. The van der Waals surface area contributed by atoms with Gasteiger partial charge in [0.2, 0.25) is 23.0 Å². The van der Waals surface area contributed by atoms with E-state index in [0.29, 0.717) is 124 Å². The Bertz CT molecular complexity index is 2830. The minimum atomic E-state index is -0.163. The standard InChI is InChI=1S/C52H54N4O14/c1-59-33-21-17-29(45(63-5)49(33)67-9)53-39-25-13-14-27-38-28(16-15-26(37(25)38)40(43(39)57)54-30-18-22-34(60-2)50(68-10)46(30)64-6)42(56-32-20-24-36(62-4)52(70-12)48(32)66-8)44(58)41(27)55-31-19-23-35(61-3)51(69-11)47(31)65-7/h13-24,53-58H,1-12H3. The van der Waals surface area contributed by atoms with Crippen LogP contribution in [0.3, 0.4) is 0 Å². The molecule has 0 atom stereocenters. The number of nitrogens with one attached hydrogen (secondary N) is 4. The molecule has 8 rings (SSSR count). The van der Waals surface area contributed by atoms with Gasteiger partial charge in [-0.25, -0.2) is 0 Å². The lowest BCUT2D eigenvalue weighted by molar-refractivity contribution is 0.325. The van der Waals surface area contributed by atoms with Gasteiger partial charge in [0.25, 0.3) is 0 Å². The molecule has 8 aromatic carbocycles. The zero-order chi connectivity index (χ0) is 50.0. The first-order valence-corrected chi connectivity index (χ1v) is 21.5. The second-order valence-electron chi connectivity index (χ2n) is 15.3. The Kier molecular flexibility index (Phi) is 13.5. The van der Waals surface area contributed by atoms with Gasteiger partial charge in [-0.05, 0) is 48.5 Å². The summed E-state index contributed by atoms with van der Waals surface area (Å²) in [5.41, 5.74) is 2.94. The van der Waals surface area contributed by atoms with Crippen molar-refractivity contribution < 1.29 is 67.1 Å². The lowest BCUT2D eigenvalue weighted by Gasteiger charge is -2.26. The number of hydrogen-bond donors (Lipinski definition) is 6. The van der Waals surface area contributed by atoms with Crippen molar-refractivity contribution in [3.63, 3.8) is 0 Å². The Labute approximate surface area is 403 Å². The van der Waals surface area contributed by atoms with E-state index in [4.69, 9.17) is 56.8 Å². The maximum Gasteiger partial charge on any atom is 0.205 e. The fourth-order valence-electron chi connectivity index (χ4n) is 8.93. The largest absolute Gasteiger partial charge is 0.504 e. The number of ether oxygens (including phenoxy) is 12. The Morgan fingerprint density at radius 2 is 0.457 bits per heavy atom. The number of benzene rings is 8. The molecule has 366 valence electrons. The topological polar surface area (TPSA) is 199 Å². The Morgan fingerprint density at radius 3 is 0.629 bits per heavy atom. The van der Waals surface area contributed by atoms with Gasteiger partial charge in [0.1, 0.15) is 0 Å². The highest BCUT2D eigenvalue weighted by molar-refractivity contribution is 6.34. The second-order valence-corrected chi connectivity index (χ2v) is 15.3. The SMILES string of the molecule is COc1ccc(Nc2c(O)c(Nc3ccc(OC)c(OC)c3OC)c3ccc4c(Nc5ccc(OC)c(OC)c5OC)c(O)c(Nc5ccc(OC)c(OC)c5OC)c5ccc2c3c54)c(OC)c1OC. The Hall–Kier alpha value is -8.80. The molecule has 18 nitrogen and oxygen atoms in total. The van der Waals surface area contributed by atoms with E-state index in [-0.39, 0.29) is 34.2 Å². The van der Waals surface area contributed by atoms with Gasteiger partial charge < -0.3 is 88.3 Å². The van der Waals surface area contributed by atoms with Gasteiger partial charge in [0.05, 0.1) is 131 Å². The van der Waals surface area contributed by atoms with Crippen LogP contribution in [0.25, 0.3) is 32.3 Å². The molecule has 0 saturated heterocycles. The molecule has 0 unspecified atom stereocenters. The summed E-state index contributed by atoms with van der Waals surface area (Å²) >= 11 is 0. The highest BCUT2D eigenvalue weighted by Gasteiger charge is 2.29. The summed E-state index contributed by atoms with van der Waals surface area (Å²) in [6.07, 6.45) is 0. The number of phenols is 2. The third-order valence-electron chi connectivity index (χ3n) is 12.0. The molecule has 0 spiro atoms. The van der Waals surface area contributed by atoms with E-state index in [1.807, 2.05) is 24.3 Å². The van der Waals surface area contributed by atoms with Crippen LogP contribution in [0.2, 0.25) is 0 Å². The minimum absolute atomic E-state index is 0.163. The van der Waals surface area contributed by atoms with E-state index < -0.39 is 0 Å². The summed E-state index contributed by atoms with van der Waals surface area (Å²) in [5.74, 6) is 4.01. The van der Waals surface area contributed by atoms with Crippen molar-refractivity contribution >= 4 is 77.8 Å². The number of methoxy groups -OCH3 is 12. The molecule has 0 radical (unpaired) electrons. The molecule has 0 aromatic heterocycles. The van der Waals surface area contributed by atoms with Crippen LogP contribution in [0.15, 0.2) is 72.8 Å². The van der Waals surface area contributed by atoms with Crippen LogP contribution in [0.1, 0.15) is 0 Å². The van der Waals surface area contributed by atoms with E-state index in [9.17, 15) is 10.2 Å². The molecule has 18 heteroatoms. The minimum Gasteiger partial charge on any atom is -0.504 e. The summed E-state index contributed by atoms with van der Waals surface area (Å²) in [6.45, 7) is 0. The molecule has 70 heavy (non-hydrogen) atoms. The first-order valence-electron chi connectivity index (χ1n) is 21.5. The summed E-state index contributed by atoms with van der Waals surface area (Å²) < 4.78 is 69.0. The molecule has 0 saturated carbocycles. The second kappa shape index (κ2) is 19.8. The molecule has 0 bridgehead atoms. The van der Waals surface area contributed by atoms with Gasteiger partial charge in [-0.15, -0.1) is 0 Å². The molecule has 0 amide bonds. The predicted molar refractivity (Wildman–Crippen MR) is 271 cm³/mol. The fourth-order valence-corrected chi connectivity index (χ4v) is 8.93. The summed E-state index contributed by atoms with van der Waals surface area (Å²) in [5, 5.41) is 43.1. The van der Waals surface area contributed by atoms with Gasteiger partial charge in [-0.3, -0.25) is 0 Å². The predicted octanol–water partition coefficient (Wildman–Crippen LogP) is 11.1. The number of anilines is 8. The van der Waals surface area contributed by atoms with Crippen LogP contribution in [0.4, 0.5) is 45.5 Å². The number of phenolic OH excluding ortho intramolecular Hbond substituents is 2. The molecule has 0 aliphatic carbocycles. The van der Waals surface area contributed by atoms with E-state index in [0.717, 1.165) is 0 Å². The lowest BCUT2D eigenvalue weighted by Crippen LogP contribution is -2.05. The summed E-state index contributed by atoms with van der Waals surface area (Å²) in [4.78, 5) is 0. The third-order valence-corrected chi connectivity index (χ3v) is 12.0. The number of aromatic hydroxyl groups is 2. The monoisotopic (exact) mass is 958 g/mol. The highest BCUT2D eigenvalue weighted by Crippen LogP contribution is 2.58. The van der Waals surface area contributed by atoms with E-state index in [1.165, 1.54) is 85.3 Å². The quantitative estimate of drug-likeness (QED) is 0.0311. The number of rotatable bonds is 20. The molecular formula is C52H54N4O14. The molecule has 6 N–H and O–H groups in total. The normalized spacial score (nSPS) is 11.0. The highest BCUT2D eigenvalue weighted by atomic mass is 16.6. The van der Waals surface area contributed by atoms with Crippen LogP contribution < -0.4 is 78.1 Å². The Morgan fingerprint density at radius 1 is 0.257 bits per heavy atom.